The molecule has 0 saturated carbocycles. The fourth-order valence-corrected chi connectivity index (χ4v) is 5.29. The average Bonchev–Trinajstić information content (AvgIpc) is 3.08. The molecule has 0 bridgehead atoms. The summed E-state index contributed by atoms with van der Waals surface area (Å²) in [6.07, 6.45) is 2.17. The van der Waals surface area contributed by atoms with E-state index in [1.54, 1.807) is 68.4 Å². The summed E-state index contributed by atoms with van der Waals surface area (Å²) < 4.78 is 0. The summed E-state index contributed by atoms with van der Waals surface area (Å²) >= 11 is 0. The molecular weight excluding hydrogens is 652 g/mol. The predicted octanol–water partition coefficient (Wildman–Crippen LogP) is 0.689. The van der Waals surface area contributed by atoms with Crippen molar-refractivity contribution in [2.45, 2.75) is 103 Å². The van der Waals surface area contributed by atoms with Gasteiger partial charge in [-0.1, -0.05) is 94.8 Å². The maximum absolute atomic E-state index is 14.0. The number of unbranched alkanes of at least 4 members (excludes halogenated alkanes) is 1. The van der Waals surface area contributed by atoms with E-state index in [0.717, 1.165) is 12.0 Å². The summed E-state index contributed by atoms with van der Waals surface area (Å²) in [5.74, 6) is -4.15. The first kappa shape index (κ1) is 42.3. The first-order chi connectivity index (χ1) is 24.1. The molecule has 0 spiro atoms. The van der Waals surface area contributed by atoms with Crippen LogP contribution in [0.4, 0.5) is 0 Å². The van der Waals surface area contributed by atoms with Crippen LogP contribution in [0.5, 0.6) is 0 Å². The Balaban J connectivity index is 2.34. The highest BCUT2D eigenvalue weighted by Crippen LogP contribution is 2.15. The van der Waals surface area contributed by atoms with Crippen molar-refractivity contribution in [1.82, 2.24) is 26.6 Å². The van der Waals surface area contributed by atoms with Gasteiger partial charge in [0, 0.05) is 6.42 Å². The summed E-state index contributed by atoms with van der Waals surface area (Å²) in [6.45, 7) is 9.22. The fraction of sp³-hybridized carbons (Fsp3) is 0.514. The molecule has 280 valence electrons. The van der Waals surface area contributed by atoms with Crippen LogP contribution in [0.25, 0.3) is 0 Å². The van der Waals surface area contributed by atoms with Crippen LogP contribution in [0, 0.1) is 11.8 Å². The van der Waals surface area contributed by atoms with Crippen molar-refractivity contribution in [2.75, 3.05) is 6.54 Å². The van der Waals surface area contributed by atoms with E-state index in [0.29, 0.717) is 31.4 Å². The number of rotatable bonds is 21. The Morgan fingerprint density at radius 3 is 1.76 bits per heavy atom. The van der Waals surface area contributed by atoms with Crippen molar-refractivity contribution in [3.63, 3.8) is 0 Å². The molecule has 0 heterocycles. The number of nitrogens with one attached hydrogen (secondary N) is 5. The van der Waals surface area contributed by atoms with Crippen LogP contribution in [-0.2, 0) is 35.2 Å². The van der Waals surface area contributed by atoms with E-state index < -0.39 is 77.6 Å². The summed E-state index contributed by atoms with van der Waals surface area (Å²) in [5, 5.41) is 13.6. The highest BCUT2D eigenvalue weighted by molar-refractivity contribution is 5.97. The first-order valence-corrected chi connectivity index (χ1v) is 17.5. The molecule has 0 aromatic heterocycles. The smallest absolute Gasteiger partial charge is 0.247 e. The second-order valence-corrected chi connectivity index (χ2v) is 13.5. The van der Waals surface area contributed by atoms with Gasteiger partial charge >= 0.3 is 0 Å². The molecular formula is C37H56N8O6. The molecule has 2 aromatic rings. The lowest BCUT2D eigenvalue weighted by atomic mass is 9.98. The molecule has 51 heavy (non-hydrogen) atoms. The Kier molecular flexibility index (Phi) is 17.8. The van der Waals surface area contributed by atoms with Crippen LogP contribution >= 0.6 is 0 Å². The maximum Gasteiger partial charge on any atom is 0.247 e. The van der Waals surface area contributed by atoms with E-state index in [2.05, 4.69) is 26.6 Å². The van der Waals surface area contributed by atoms with Crippen LogP contribution in [0.15, 0.2) is 60.7 Å². The van der Waals surface area contributed by atoms with Crippen LogP contribution < -0.4 is 43.8 Å². The molecule has 14 nitrogen and oxygen atoms in total. The zero-order valence-electron chi connectivity index (χ0n) is 30.3. The lowest BCUT2D eigenvalue weighted by molar-refractivity contribution is -0.135. The molecule has 14 heteroatoms. The number of primary amides is 1. The van der Waals surface area contributed by atoms with E-state index in [1.807, 2.05) is 19.9 Å². The normalized spacial score (nSPS) is 14.7. The highest BCUT2D eigenvalue weighted by atomic mass is 16.2. The highest BCUT2D eigenvalue weighted by Gasteiger charge is 2.34. The van der Waals surface area contributed by atoms with E-state index in [9.17, 15) is 28.8 Å². The summed E-state index contributed by atoms with van der Waals surface area (Å²) in [6, 6.07) is 11.2. The summed E-state index contributed by atoms with van der Waals surface area (Å²) in [7, 11) is 0. The minimum atomic E-state index is -1.22. The van der Waals surface area contributed by atoms with Gasteiger partial charge in [0.15, 0.2) is 0 Å². The monoisotopic (exact) mass is 708 g/mol. The van der Waals surface area contributed by atoms with Crippen LogP contribution in [0.3, 0.4) is 0 Å². The largest absolute Gasteiger partial charge is 0.368 e. The van der Waals surface area contributed by atoms with Crippen molar-refractivity contribution >= 4 is 35.4 Å². The minimum Gasteiger partial charge on any atom is -0.368 e. The number of hydrogen-bond acceptors (Lipinski definition) is 8. The molecule has 0 aliphatic rings. The lowest BCUT2D eigenvalue weighted by Gasteiger charge is -2.29. The Labute approximate surface area is 300 Å². The van der Waals surface area contributed by atoms with Gasteiger partial charge in [0.2, 0.25) is 35.4 Å². The lowest BCUT2D eigenvalue weighted by Crippen LogP contribution is -2.60. The number of hydrogen-bond donors (Lipinski definition) is 8. The second kappa shape index (κ2) is 21.4. The molecule has 0 saturated heterocycles. The third-order valence-electron chi connectivity index (χ3n) is 8.28. The quantitative estimate of drug-likeness (QED) is 0.0856. The van der Waals surface area contributed by atoms with E-state index >= 15 is 0 Å². The molecule has 6 atom stereocenters. The third kappa shape index (κ3) is 14.5. The van der Waals surface area contributed by atoms with Gasteiger partial charge in [0.25, 0.3) is 0 Å². The van der Waals surface area contributed by atoms with Crippen LogP contribution in [0.1, 0.15) is 77.5 Å². The Hall–Kier alpha value is -4.82. The van der Waals surface area contributed by atoms with E-state index in [1.165, 1.54) is 6.92 Å². The Morgan fingerprint density at radius 1 is 0.647 bits per heavy atom. The molecule has 0 aliphatic carbocycles. The number of carbonyl (C=O) groups excluding carboxylic acids is 6. The topological polar surface area (TPSA) is 241 Å². The standard InChI is InChI=1S/C37H56N8O6/c1-22(2)20-28(42-33(47)27(39)18-12-13-19-38)34(48)44-30(23(3)4)36(50)43-29(21-25-14-8-6-9-15-25)35(49)45-31(26-16-10-7-11-17-26)37(51)41-24(5)32(40)46/h6-11,14-17,22-24,27-31H,12-13,18-21,38-39H2,1-5H3,(H2,40,46)(H,41,51)(H,42,47)(H,43,50)(H,44,48)(H,45,49)/t24-,27-,28-,29-,30-,31-/m1/s1. The van der Waals surface area contributed by atoms with E-state index in [-0.39, 0.29) is 12.3 Å². The zero-order chi connectivity index (χ0) is 38.1. The molecule has 0 radical (unpaired) electrons. The Bertz CT molecular complexity index is 1440. The van der Waals surface area contributed by atoms with Gasteiger partial charge in [-0.25, -0.2) is 0 Å². The summed E-state index contributed by atoms with van der Waals surface area (Å²) in [5.41, 5.74) is 18.1. The number of nitrogens with two attached hydrogens (primary N) is 3. The molecule has 6 amide bonds. The molecule has 0 unspecified atom stereocenters. The SMILES string of the molecule is CC(C)C[C@@H](NC(=O)[C@H](N)CCCCN)C(=O)N[C@@H](C(=O)N[C@H](Cc1ccccc1)C(=O)N[C@@H](C(=O)N[C@H](C)C(N)=O)c1ccccc1)C(C)C. The second-order valence-electron chi connectivity index (χ2n) is 13.5. The minimum absolute atomic E-state index is 0.0283. The van der Waals surface area contributed by atoms with Gasteiger partial charge in [0.05, 0.1) is 6.04 Å². The van der Waals surface area contributed by atoms with Gasteiger partial charge in [-0.3, -0.25) is 28.8 Å². The van der Waals surface area contributed by atoms with Crippen molar-refractivity contribution in [2.24, 2.45) is 29.0 Å². The summed E-state index contributed by atoms with van der Waals surface area (Å²) in [4.78, 5) is 79.4. The van der Waals surface area contributed by atoms with Crippen molar-refractivity contribution in [3.05, 3.63) is 71.8 Å². The van der Waals surface area contributed by atoms with Gasteiger partial charge in [-0.2, -0.15) is 0 Å². The third-order valence-corrected chi connectivity index (χ3v) is 8.28. The van der Waals surface area contributed by atoms with Crippen LogP contribution in [0.2, 0.25) is 0 Å². The first-order valence-electron chi connectivity index (χ1n) is 17.5. The predicted molar refractivity (Wildman–Crippen MR) is 195 cm³/mol. The van der Waals surface area contributed by atoms with Gasteiger partial charge in [0.1, 0.15) is 30.2 Å². The fourth-order valence-electron chi connectivity index (χ4n) is 5.29. The van der Waals surface area contributed by atoms with Gasteiger partial charge < -0.3 is 43.8 Å². The maximum atomic E-state index is 14.0. The number of carbonyl (C=O) groups is 6. The van der Waals surface area contributed by atoms with Crippen molar-refractivity contribution < 1.29 is 28.8 Å². The van der Waals surface area contributed by atoms with Crippen molar-refractivity contribution in [3.8, 4) is 0 Å². The zero-order valence-corrected chi connectivity index (χ0v) is 30.3. The molecule has 2 aromatic carbocycles. The molecule has 11 N–H and O–H groups in total. The Morgan fingerprint density at radius 2 is 1.22 bits per heavy atom. The van der Waals surface area contributed by atoms with E-state index in [4.69, 9.17) is 17.2 Å². The molecule has 0 fully saturated rings. The average molecular weight is 709 g/mol. The number of amides is 6. The number of benzene rings is 2. The molecule has 0 aliphatic heterocycles. The van der Waals surface area contributed by atoms with Gasteiger partial charge in [-0.15, -0.1) is 0 Å². The van der Waals surface area contributed by atoms with Gasteiger partial charge in [-0.05, 0) is 55.7 Å². The van der Waals surface area contributed by atoms with Crippen molar-refractivity contribution in [1.29, 1.82) is 0 Å². The van der Waals surface area contributed by atoms with Crippen LogP contribution in [-0.4, -0.2) is 72.2 Å². The molecule has 2 rings (SSSR count).